The highest BCUT2D eigenvalue weighted by atomic mass is 13.8. The monoisotopic (exact) mass is 82.1 g/mol. The number of hydrogen-bond donors (Lipinski definition) is 0. The van der Waals surface area contributed by atoms with Gasteiger partial charge in [0, 0.05) is 13.8 Å². The molecule has 0 heterocycles. The van der Waals surface area contributed by atoms with Crippen LogP contribution in [-0.4, -0.2) is 0 Å². The van der Waals surface area contributed by atoms with Crippen molar-refractivity contribution in [2.75, 3.05) is 0 Å². The van der Waals surface area contributed by atoms with Gasteiger partial charge in [-0.2, -0.15) is 0 Å². The lowest BCUT2D eigenvalue weighted by molar-refractivity contribution is 1.34. The average Bonchev–Trinajstić information content (AvgIpc) is 1.36. The van der Waals surface area contributed by atoms with Crippen LogP contribution < -0.4 is 0 Å². The second-order valence-electron chi connectivity index (χ2n) is 1.60. The van der Waals surface area contributed by atoms with Crippen molar-refractivity contribution in [2.45, 2.75) is 13.8 Å². The smallest absolute Gasteiger partial charge is 0.0490 e. The summed E-state index contributed by atoms with van der Waals surface area (Å²) < 4.78 is 0. The molecule has 0 rings (SSSR count). The van der Waals surface area contributed by atoms with Crippen molar-refractivity contribution in [3.63, 3.8) is 0 Å². The molecule has 0 amide bonds. The van der Waals surface area contributed by atoms with Crippen LogP contribution in [0, 0.1) is 13.8 Å². The normalized spacial score (nSPS) is 7.67. The summed E-state index contributed by atoms with van der Waals surface area (Å²) in [5.74, 6) is 0. The van der Waals surface area contributed by atoms with Crippen molar-refractivity contribution < 1.29 is 0 Å². The fraction of sp³-hybridized carbons (Fsp3) is 0.333. The molecule has 0 heteroatoms. The quantitative estimate of drug-likeness (QED) is 0.392. The first-order chi connectivity index (χ1) is 2.64. The van der Waals surface area contributed by atoms with Crippen LogP contribution in [0.1, 0.15) is 13.8 Å². The molecule has 0 aromatic rings. The van der Waals surface area contributed by atoms with Crippen LogP contribution in [0.5, 0.6) is 0 Å². The summed E-state index contributed by atoms with van der Waals surface area (Å²) in [6.45, 7) is 11.2. The van der Waals surface area contributed by atoms with Gasteiger partial charge in [0.25, 0.3) is 5.57 Å². The molecular formula is C6H10+2. The molecule has 0 aliphatic carbocycles. The Hall–Kier alpha value is -0.520. The van der Waals surface area contributed by atoms with Crippen molar-refractivity contribution in [1.29, 1.82) is 0 Å². The maximum atomic E-state index is 3.61. The van der Waals surface area contributed by atoms with Gasteiger partial charge in [-0.15, -0.1) is 0 Å². The van der Waals surface area contributed by atoms with Crippen molar-refractivity contribution >= 4 is 0 Å². The van der Waals surface area contributed by atoms with Crippen LogP contribution in [0.4, 0.5) is 0 Å². The maximum Gasteiger partial charge on any atom is 0.270 e. The number of allylic oxidation sites excluding steroid dienone is 2. The van der Waals surface area contributed by atoms with Crippen molar-refractivity contribution in [1.82, 2.24) is 0 Å². The van der Waals surface area contributed by atoms with E-state index in [-0.39, 0.29) is 0 Å². The summed E-state index contributed by atoms with van der Waals surface area (Å²) in [4.78, 5) is 0. The largest absolute Gasteiger partial charge is 0.270 e. The molecule has 0 saturated carbocycles. The van der Waals surface area contributed by atoms with Gasteiger partial charge in [0.05, 0.1) is 0 Å². The zero-order valence-corrected chi connectivity index (χ0v) is 4.41. The molecule has 0 fully saturated rings. The highest BCUT2D eigenvalue weighted by Gasteiger charge is 1.97. The third-order valence-corrected chi connectivity index (χ3v) is 0.707. The summed E-state index contributed by atoms with van der Waals surface area (Å²) in [5.41, 5.74) is 2.13. The molecule has 0 N–H and O–H groups in total. The third-order valence-electron chi connectivity index (χ3n) is 0.707. The molecule has 0 nitrogen and oxygen atoms in total. The predicted molar refractivity (Wildman–Crippen MR) is 29.1 cm³/mol. The predicted octanol–water partition coefficient (Wildman–Crippen LogP) is 1.99. The van der Waals surface area contributed by atoms with E-state index in [2.05, 4.69) is 13.8 Å². The molecule has 0 aromatic heterocycles. The Morgan fingerprint density at radius 2 is 1.33 bits per heavy atom. The van der Waals surface area contributed by atoms with Gasteiger partial charge < -0.3 is 0 Å². The molecule has 0 atom stereocenters. The van der Waals surface area contributed by atoms with Crippen molar-refractivity contribution in [3.05, 3.63) is 25.0 Å². The topological polar surface area (TPSA) is 0 Å². The van der Waals surface area contributed by atoms with E-state index in [1.165, 1.54) is 5.57 Å². The summed E-state index contributed by atoms with van der Waals surface area (Å²) in [7, 11) is 0. The van der Waals surface area contributed by atoms with Gasteiger partial charge in [-0.05, 0) is 0 Å². The van der Waals surface area contributed by atoms with Crippen LogP contribution in [0.3, 0.4) is 0 Å². The summed E-state index contributed by atoms with van der Waals surface area (Å²) in [6, 6.07) is 0. The maximum absolute atomic E-state index is 3.61. The molecule has 0 aromatic carbocycles. The molecular weight excluding hydrogens is 72.1 g/mol. The standard InChI is InChI=1S/C6H10/c1-5(2)6(3)4/h1-2H2,3-4H3/q+2. The third kappa shape index (κ3) is 1.77. The fourth-order valence-corrected chi connectivity index (χ4v) is 0. The van der Waals surface area contributed by atoms with E-state index in [4.69, 9.17) is 0 Å². The van der Waals surface area contributed by atoms with E-state index >= 15 is 0 Å². The molecule has 0 saturated heterocycles. The van der Waals surface area contributed by atoms with E-state index < -0.39 is 0 Å². The summed E-state index contributed by atoms with van der Waals surface area (Å²) in [6.07, 6.45) is 0. The summed E-state index contributed by atoms with van der Waals surface area (Å²) in [5, 5.41) is 0. The van der Waals surface area contributed by atoms with Crippen LogP contribution >= 0.6 is 0 Å². The second-order valence-corrected chi connectivity index (χ2v) is 1.60. The Bertz CT molecular complexity index is 50.1. The highest BCUT2D eigenvalue weighted by Crippen LogP contribution is 1.95. The van der Waals surface area contributed by atoms with Crippen LogP contribution in [0.15, 0.2) is 11.1 Å². The zero-order valence-electron chi connectivity index (χ0n) is 4.41. The van der Waals surface area contributed by atoms with Crippen LogP contribution in [0.2, 0.25) is 0 Å². The first-order valence-corrected chi connectivity index (χ1v) is 1.96. The molecule has 6 heavy (non-hydrogen) atoms. The Kier molecular flexibility index (Phi) is 1.65. The molecule has 0 spiro atoms. The molecule has 0 aliphatic rings. The van der Waals surface area contributed by atoms with Gasteiger partial charge >= 0.3 is 0 Å². The Morgan fingerprint density at radius 3 is 1.33 bits per heavy atom. The van der Waals surface area contributed by atoms with Crippen molar-refractivity contribution in [3.8, 4) is 0 Å². The van der Waals surface area contributed by atoms with Crippen LogP contribution in [0.25, 0.3) is 0 Å². The van der Waals surface area contributed by atoms with Gasteiger partial charge in [-0.3, -0.25) is 0 Å². The van der Waals surface area contributed by atoms with Gasteiger partial charge in [0.1, 0.15) is 19.4 Å². The first kappa shape index (κ1) is 5.48. The number of rotatable bonds is 0. The molecule has 32 valence electrons. The van der Waals surface area contributed by atoms with E-state index in [1.807, 2.05) is 13.8 Å². The van der Waals surface area contributed by atoms with Gasteiger partial charge in [0.15, 0.2) is 0 Å². The minimum atomic E-state index is 0.926. The van der Waals surface area contributed by atoms with Crippen molar-refractivity contribution in [2.24, 2.45) is 0 Å². The SMILES string of the molecule is [CH2+]C([CH2+])=C(C)C. The van der Waals surface area contributed by atoms with E-state index in [1.54, 1.807) is 0 Å². The Balaban J connectivity index is 3.68. The Morgan fingerprint density at radius 1 is 1.17 bits per heavy atom. The lowest BCUT2D eigenvalue weighted by Crippen LogP contribution is -1.67. The lowest BCUT2D eigenvalue weighted by atomic mass is 10.2. The molecule has 0 bridgehead atoms. The Labute approximate surface area is 39.9 Å². The summed E-state index contributed by atoms with van der Waals surface area (Å²) >= 11 is 0. The van der Waals surface area contributed by atoms with Gasteiger partial charge in [-0.25, -0.2) is 0 Å². The minimum Gasteiger partial charge on any atom is 0.0490 e. The fourth-order valence-electron chi connectivity index (χ4n) is 0. The first-order valence-electron chi connectivity index (χ1n) is 1.96. The minimum absolute atomic E-state index is 0.926. The second kappa shape index (κ2) is 1.81. The van der Waals surface area contributed by atoms with E-state index in [9.17, 15) is 0 Å². The molecule has 0 radical (unpaired) electrons. The lowest BCUT2D eigenvalue weighted by Gasteiger charge is -1.67. The molecule has 0 unspecified atom stereocenters. The van der Waals surface area contributed by atoms with E-state index in [0.29, 0.717) is 0 Å². The highest BCUT2D eigenvalue weighted by molar-refractivity contribution is 5.14. The van der Waals surface area contributed by atoms with Crippen LogP contribution in [-0.2, 0) is 0 Å². The number of hydrogen-bond acceptors (Lipinski definition) is 0. The average molecular weight is 82.1 g/mol. The molecule has 0 aliphatic heterocycles. The van der Waals surface area contributed by atoms with Gasteiger partial charge in [-0.1, -0.05) is 0 Å². The zero-order chi connectivity index (χ0) is 5.15. The van der Waals surface area contributed by atoms with Gasteiger partial charge in [0.2, 0.25) is 0 Å². The van der Waals surface area contributed by atoms with E-state index in [0.717, 1.165) is 5.57 Å².